The Balaban J connectivity index is 3.17. The molecule has 0 aliphatic rings. The normalized spacial score (nSPS) is 9.44. The van der Waals surface area contributed by atoms with Crippen molar-refractivity contribution in [3.8, 4) is 11.6 Å². The third-order valence-corrected chi connectivity index (χ3v) is 0.857. The number of pyridine rings is 1. The lowest BCUT2D eigenvalue weighted by atomic mass is 10.3. The van der Waals surface area contributed by atoms with Gasteiger partial charge in [0, 0.05) is 6.07 Å². The minimum absolute atomic E-state index is 0.0833. The van der Waals surface area contributed by atoms with E-state index in [1.54, 1.807) is 6.92 Å². The van der Waals surface area contributed by atoms with Crippen LogP contribution in [0.4, 0.5) is 0 Å². The number of nitrogens with zero attached hydrogens (tertiary/aromatic N) is 1. The van der Waals surface area contributed by atoms with Gasteiger partial charge in [0.05, 0.1) is 11.8 Å². The van der Waals surface area contributed by atoms with Crippen molar-refractivity contribution in [2.75, 3.05) is 0 Å². The molecule has 1 heterocycles. The van der Waals surface area contributed by atoms with Gasteiger partial charge in [0.15, 0.2) is 0 Å². The summed E-state index contributed by atoms with van der Waals surface area (Å²) in [5.41, 5.74) is 0.479. The van der Waals surface area contributed by atoms with Crippen molar-refractivity contribution in [3.05, 3.63) is 17.8 Å². The van der Waals surface area contributed by atoms with E-state index in [1.165, 1.54) is 0 Å². The van der Waals surface area contributed by atoms with Crippen LogP contribution in [0.2, 0.25) is 0 Å². The highest BCUT2D eigenvalue weighted by Crippen LogP contribution is 2.13. The first-order valence-corrected chi connectivity index (χ1v) is 2.47. The lowest BCUT2D eigenvalue weighted by Crippen LogP contribution is -1.79. The highest BCUT2D eigenvalue weighted by Gasteiger charge is 1.94. The Kier molecular flexibility index (Phi) is 1.26. The lowest BCUT2D eigenvalue weighted by molar-refractivity contribution is 0.432. The zero-order valence-corrected chi connectivity index (χ0v) is 4.92. The van der Waals surface area contributed by atoms with Crippen LogP contribution in [0.3, 0.4) is 0 Å². The van der Waals surface area contributed by atoms with E-state index in [1.807, 2.05) is 0 Å². The third kappa shape index (κ3) is 1.32. The average Bonchev–Trinajstić information content (AvgIpc) is 1.59. The van der Waals surface area contributed by atoms with Crippen molar-refractivity contribution in [1.82, 2.24) is 4.98 Å². The zero-order valence-electron chi connectivity index (χ0n) is 4.92. The number of aryl methyl sites for hydroxylation is 1. The molecule has 0 aliphatic carbocycles. The van der Waals surface area contributed by atoms with Crippen molar-refractivity contribution in [1.29, 1.82) is 0 Å². The molecule has 1 aromatic heterocycles. The summed E-state index contributed by atoms with van der Waals surface area (Å²) in [7, 11) is 0. The Labute approximate surface area is 52.6 Å². The highest BCUT2D eigenvalue weighted by molar-refractivity contribution is 5.25. The molecule has 1 rings (SSSR count). The molecule has 0 unspecified atom stereocenters. The minimum Gasteiger partial charge on any atom is -0.507 e. The Morgan fingerprint density at radius 3 is 2.67 bits per heavy atom. The second kappa shape index (κ2) is 1.93. The van der Waals surface area contributed by atoms with Gasteiger partial charge in [-0.1, -0.05) is 0 Å². The second-order valence-corrected chi connectivity index (χ2v) is 1.71. The molecule has 0 aliphatic heterocycles. The van der Waals surface area contributed by atoms with Crippen LogP contribution in [0, 0.1) is 13.0 Å². The van der Waals surface area contributed by atoms with Gasteiger partial charge >= 0.3 is 0 Å². The fraction of sp³-hybridized carbons (Fsp3) is 0.167. The third-order valence-electron chi connectivity index (χ3n) is 0.857. The minimum atomic E-state index is -0.177. The molecule has 0 bridgehead atoms. The molecule has 9 heavy (non-hydrogen) atoms. The molecule has 47 valence electrons. The first-order valence-electron chi connectivity index (χ1n) is 2.47. The number of aromatic nitrogens is 1. The van der Waals surface area contributed by atoms with Crippen LogP contribution in [0.1, 0.15) is 5.69 Å². The molecule has 1 aromatic rings. The molecule has 3 heteroatoms. The van der Waals surface area contributed by atoms with Crippen LogP contribution in [0.5, 0.6) is 11.6 Å². The number of hydrogen-bond donors (Lipinski definition) is 2. The Morgan fingerprint density at radius 2 is 2.22 bits per heavy atom. The van der Waals surface area contributed by atoms with Gasteiger partial charge in [-0.05, 0) is 6.92 Å². The first-order chi connectivity index (χ1) is 4.18. The van der Waals surface area contributed by atoms with E-state index in [2.05, 4.69) is 11.1 Å². The number of hydrogen-bond acceptors (Lipinski definition) is 3. The quantitative estimate of drug-likeness (QED) is 0.532. The van der Waals surface area contributed by atoms with Gasteiger partial charge in [0.25, 0.3) is 0 Å². The number of aromatic hydroxyl groups is 2. The van der Waals surface area contributed by atoms with E-state index >= 15 is 0 Å². The van der Waals surface area contributed by atoms with E-state index < -0.39 is 0 Å². The van der Waals surface area contributed by atoms with Gasteiger partial charge in [0.2, 0.25) is 5.88 Å². The molecule has 0 amide bonds. The SMILES string of the molecule is Cc1[c]c(O)cc(O)n1. The summed E-state index contributed by atoms with van der Waals surface area (Å²) in [6, 6.07) is 3.63. The maximum atomic E-state index is 8.74. The summed E-state index contributed by atoms with van der Waals surface area (Å²) in [5, 5.41) is 17.4. The summed E-state index contributed by atoms with van der Waals surface area (Å²) >= 11 is 0. The molecule has 3 nitrogen and oxygen atoms in total. The molecule has 0 spiro atoms. The fourth-order valence-corrected chi connectivity index (χ4v) is 0.576. The van der Waals surface area contributed by atoms with Crippen LogP contribution in [0.25, 0.3) is 0 Å². The molecule has 0 atom stereocenters. The van der Waals surface area contributed by atoms with Crippen LogP contribution >= 0.6 is 0 Å². The average molecular weight is 124 g/mol. The van der Waals surface area contributed by atoms with E-state index in [9.17, 15) is 0 Å². The van der Waals surface area contributed by atoms with Gasteiger partial charge in [-0.3, -0.25) is 0 Å². The number of rotatable bonds is 0. The molecule has 0 fully saturated rings. The van der Waals surface area contributed by atoms with Crippen molar-refractivity contribution in [3.63, 3.8) is 0 Å². The predicted molar refractivity (Wildman–Crippen MR) is 31.1 cm³/mol. The zero-order chi connectivity index (χ0) is 6.85. The summed E-state index contributed by atoms with van der Waals surface area (Å²) < 4.78 is 0. The smallest absolute Gasteiger partial charge is 0.214 e. The van der Waals surface area contributed by atoms with Crippen LogP contribution in [-0.2, 0) is 0 Å². The van der Waals surface area contributed by atoms with Gasteiger partial charge < -0.3 is 10.2 Å². The van der Waals surface area contributed by atoms with E-state index in [-0.39, 0.29) is 11.6 Å². The second-order valence-electron chi connectivity index (χ2n) is 1.71. The summed E-state index contributed by atoms with van der Waals surface area (Å²) in [4.78, 5) is 3.57. The topological polar surface area (TPSA) is 53.4 Å². The maximum absolute atomic E-state index is 8.74. The molecular formula is C6H6NO2. The first kappa shape index (κ1) is 5.88. The van der Waals surface area contributed by atoms with Crippen molar-refractivity contribution in [2.45, 2.75) is 6.92 Å². The molecular weight excluding hydrogens is 118 g/mol. The van der Waals surface area contributed by atoms with Crippen LogP contribution in [0.15, 0.2) is 6.07 Å². The van der Waals surface area contributed by atoms with Crippen molar-refractivity contribution < 1.29 is 10.2 Å². The summed E-state index contributed by atoms with van der Waals surface area (Å²) in [5.74, 6) is -0.260. The standard InChI is InChI=1S/C6H6NO2/c1-4-2-5(8)3-6(9)7-4/h3H,1H3,(H2,7,8,9). The fourth-order valence-electron chi connectivity index (χ4n) is 0.576. The largest absolute Gasteiger partial charge is 0.507 e. The maximum Gasteiger partial charge on any atom is 0.214 e. The van der Waals surface area contributed by atoms with E-state index in [0.29, 0.717) is 5.69 Å². The molecule has 0 saturated heterocycles. The Bertz CT molecular complexity index is 172. The van der Waals surface area contributed by atoms with Gasteiger partial charge in [-0.15, -0.1) is 0 Å². The lowest BCUT2D eigenvalue weighted by Gasteiger charge is -1.93. The van der Waals surface area contributed by atoms with E-state index in [0.717, 1.165) is 6.07 Å². The molecule has 0 saturated carbocycles. The molecule has 1 radical (unpaired) electrons. The van der Waals surface area contributed by atoms with Crippen molar-refractivity contribution in [2.24, 2.45) is 0 Å². The van der Waals surface area contributed by atoms with Crippen LogP contribution < -0.4 is 0 Å². The van der Waals surface area contributed by atoms with Crippen LogP contribution in [-0.4, -0.2) is 15.2 Å². The molecule has 2 N–H and O–H groups in total. The Hall–Kier alpha value is -1.25. The van der Waals surface area contributed by atoms with E-state index in [4.69, 9.17) is 10.2 Å². The van der Waals surface area contributed by atoms with Gasteiger partial charge in [-0.25, -0.2) is 4.98 Å². The highest BCUT2D eigenvalue weighted by atomic mass is 16.3. The van der Waals surface area contributed by atoms with Crippen molar-refractivity contribution >= 4 is 0 Å². The van der Waals surface area contributed by atoms with Gasteiger partial charge in [-0.2, -0.15) is 0 Å². The predicted octanol–water partition coefficient (Wildman–Crippen LogP) is 0.601. The summed E-state index contributed by atoms with van der Waals surface area (Å²) in [6.45, 7) is 1.64. The Morgan fingerprint density at radius 1 is 1.56 bits per heavy atom. The monoisotopic (exact) mass is 124 g/mol. The van der Waals surface area contributed by atoms with Gasteiger partial charge in [0.1, 0.15) is 5.75 Å². The summed E-state index contributed by atoms with van der Waals surface area (Å²) in [6.07, 6.45) is 0. The molecule has 0 aromatic carbocycles.